The van der Waals surface area contributed by atoms with E-state index in [1.54, 1.807) is 24.3 Å². The Morgan fingerprint density at radius 3 is 2.37 bits per heavy atom. The first-order chi connectivity index (χ1) is 14.4. The van der Waals surface area contributed by atoms with Gasteiger partial charge in [-0.2, -0.15) is 0 Å². The van der Waals surface area contributed by atoms with Gasteiger partial charge in [-0.15, -0.1) is 0 Å². The summed E-state index contributed by atoms with van der Waals surface area (Å²) in [6, 6.07) is 12.0. The Kier molecular flexibility index (Phi) is 9.47. The minimum Gasteiger partial charge on any atom is -0.484 e. The van der Waals surface area contributed by atoms with Gasteiger partial charge in [-0.25, -0.2) is 0 Å². The van der Waals surface area contributed by atoms with Crippen molar-refractivity contribution in [2.75, 3.05) is 13.2 Å². The maximum Gasteiger partial charge on any atom is 0.261 e. The third kappa shape index (κ3) is 6.64. The highest BCUT2D eigenvalue weighted by Crippen LogP contribution is 2.27. The maximum atomic E-state index is 13.1. The molecular weight excluding hydrogens is 423 g/mol. The third-order valence-electron chi connectivity index (χ3n) is 4.68. The van der Waals surface area contributed by atoms with Crippen LogP contribution in [0, 0.1) is 6.92 Å². The van der Waals surface area contributed by atoms with Crippen LogP contribution in [0.4, 0.5) is 0 Å². The molecule has 1 N–H and O–H groups in total. The smallest absolute Gasteiger partial charge is 0.261 e. The molecule has 0 unspecified atom stereocenters. The summed E-state index contributed by atoms with van der Waals surface area (Å²) in [5, 5.41) is 3.77. The van der Waals surface area contributed by atoms with Gasteiger partial charge in [0.15, 0.2) is 6.61 Å². The van der Waals surface area contributed by atoms with E-state index in [0.717, 1.165) is 12.0 Å². The second-order valence-corrected chi connectivity index (χ2v) is 7.86. The molecule has 0 aliphatic heterocycles. The van der Waals surface area contributed by atoms with Crippen molar-refractivity contribution in [3.05, 3.63) is 63.6 Å². The zero-order valence-electron chi connectivity index (χ0n) is 17.6. The van der Waals surface area contributed by atoms with E-state index < -0.39 is 6.04 Å². The molecule has 0 spiro atoms. The number of aryl methyl sites for hydroxylation is 1. The minimum atomic E-state index is -0.655. The standard InChI is InChI=1S/C23H28Cl2N2O3/c1-4-12-26-23(29)21(5-2)27(14-18-19(24)10-7-11-20(18)25)22(28)15-30-17-9-6-8-16(3)13-17/h6-11,13,21H,4-5,12,14-15H2,1-3H3,(H,26,29)/t21-/m0/s1. The van der Waals surface area contributed by atoms with Crippen LogP contribution in [-0.2, 0) is 16.1 Å². The Morgan fingerprint density at radius 1 is 1.10 bits per heavy atom. The van der Waals surface area contributed by atoms with Crippen molar-refractivity contribution in [3.63, 3.8) is 0 Å². The molecule has 0 radical (unpaired) electrons. The highest BCUT2D eigenvalue weighted by atomic mass is 35.5. The highest BCUT2D eigenvalue weighted by Gasteiger charge is 2.29. The van der Waals surface area contributed by atoms with Gasteiger partial charge < -0.3 is 15.0 Å². The van der Waals surface area contributed by atoms with Crippen LogP contribution in [0.25, 0.3) is 0 Å². The molecule has 2 amide bonds. The van der Waals surface area contributed by atoms with Gasteiger partial charge in [0.2, 0.25) is 5.91 Å². The quantitative estimate of drug-likeness (QED) is 0.552. The maximum absolute atomic E-state index is 13.1. The molecule has 0 heterocycles. The van der Waals surface area contributed by atoms with Crippen molar-refractivity contribution in [2.45, 2.75) is 46.2 Å². The molecule has 0 saturated carbocycles. The fourth-order valence-electron chi connectivity index (χ4n) is 3.07. The average Bonchev–Trinajstić information content (AvgIpc) is 2.72. The van der Waals surface area contributed by atoms with Crippen LogP contribution in [-0.4, -0.2) is 35.9 Å². The highest BCUT2D eigenvalue weighted by molar-refractivity contribution is 6.36. The van der Waals surface area contributed by atoms with Gasteiger partial charge in [0.1, 0.15) is 11.8 Å². The first-order valence-electron chi connectivity index (χ1n) is 10.1. The topological polar surface area (TPSA) is 58.6 Å². The van der Waals surface area contributed by atoms with E-state index >= 15 is 0 Å². The fourth-order valence-corrected chi connectivity index (χ4v) is 3.59. The van der Waals surface area contributed by atoms with Crippen molar-refractivity contribution in [2.24, 2.45) is 0 Å². The molecule has 0 aliphatic rings. The van der Waals surface area contributed by atoms with Crippen molar-refractivity contribution in [1.82, 2.24) is 10.2 Å². The number of carbonyl (C=O) groups is 2. The van der Waals surface area contributed by atoms with E-state index in [2.05, 4.69) is 5.32 Å². The molecule has 162 valence electrons. The molecule has 0 saturated heterocycles. The monoisotopic (exact) mass is 450 g/mol. The van der Waals surface area contributed by atoms with Crippen LogP contribution in [0.5, 0.6) is 5.75 Å². The predicted octanol–water partition coefficient (Wildman–Crippen LogP) is 5.01. The molecular formula is C23H28Cl2N2O3. The molecule has 0 aromatic heterocycles. The lowest BCUT2D eigenvalue weighted by Crippen LogP contribution is -2.50. The molecule has 2 aromatic carbocycles. The van der Waals surface area contributed by atoms with E-state index in [1.165, 1.54) is 4.90 Å². The number of nitrogens with zero attached hydrogens (tertiary/aromatic N) is 1. The van der Waals surface area contributed by atoms with Crippen LogP contribution in [0.3, 0.4) is 0 Å². The second-order valence-electron chi connectivity index (χ2n) is 7.04. The Labute approximate surface area is 188 Å². The predicted molar refractivity (Wildman–Crippen MR) is 121 cm³/mol. The van der Waals surface area contributed by atoms with Gasteiger partial charge in [-0.1, -0.05) is 55.2 Å². The Morgan fingerprint density at radius 2 is 1.77 bits per heavy atom. The minimum absolute atomic E-state index is 0.118. The van der Waals surface area contributed by atoms with Crippen LogP contribution >= 0.6 is 23.2 Å². The van der Waals surface area contributed by atoms with E-state index in [-0.39, 0.29) is 25.0 Å². The van der Waals surface area contributed by atoms with E-state index in [4.69, 9.17) is 27.9 Å². The zero-order valence-corrected chi connectivity index (χ0v) is 19.1. The van der Waals surface area contributed by atoms with Gasteiger partial charge in [-0.05, 0) is 49.6 Å². The number of benzene rings is 2. The number of halogens is 2. The number of amides is 2. The average molecular weight is 451 g/mol. The SMILES string of the molecule is CCCNC(=O)[C@H](CC)N(Cc1c(Cl)cccc1Cl)C(=O)COc1cccc(C)c1. The molecule has 30 heavy (non-hydrogen) atoms. The lowest BCUT2D eigenvalue weighted by atomic mass is 10.1. The summed E-state index contributed by atoms with van der Waals surface area (Å²) >= 11 is 12.7. The van der Waals surface area contributed by atoms with Crippen molar-refractivity contribution >= 4 is 35.0 Å². The second kappa shape index (κ2) is 11.8. The molecule has 7 heteroatoms. The summed E-state index contributed by atoms with van der Waals surface area (Å²) in [5.41, 5.74) is 1.64. The number of ether oxygens (including phenoxy) is 1. The largest absolute Gasteiger partial charge is 0.484 e. The Bertz CT molecular complexity index is 853. The molecule has 1 atom stereocenters. The molecule has 0 fully saturated rings. The summed E-state index contributed by atoms with van der Waals surface area (Å²) in [5.74, 6) is 0.0833. The van der Waals surface area contributed by atoms with Crippen molar-refractivity contribution in [1.29, 1.82) is 0 Å². The Hall–Kier alpha value is -2.24. The third-order valence-corrected chi connectivity index (χ3v) is 5.39. The summed E-state index contributed by atoms with van der Waals surface area (Å²) < 4.78 is 5.69. The van der Waals surface area contributed by atoms with Gasteiger partial charge >= 0.3 is 0 Å². The summed E-state index contributed by atoms with van der Waals surface area (Å²) in [4.78, 5) is 27.4. The number of hydrogen-bond acceptors (Lipinski definition) is 3. The molecule has 2 rings (SSSR count). The van der Waals surface area contributed by atoms with Crippen molar-refractivity contribution < 1.29 is 14.3 Å². The first kappa shape index (κ1) is 24.0. The van der Waals surface area contributed by atoms with Crippen LogP contribution in [0.2, 0.25) is 10.0 Å². The van der Waals surface area contributed by atoms with Crippen LogP contribution in [0.1, 0.15) is 37.8 Å². The van der Waals surface area contributed by atoms with E-state index in [0.29, 0.717) is 34.3 Å². The number of rotatable bonds is 10. The van der Waals surface area contributed by atoms with E-state index in [1.807, 2.05) is 39.0 Å². The molecule has 2 aromatic rings. The van der Waals surface area contributed by atoms with Gasteiger partial charge in [0.05, 0.1) is 0 Å². The summed E-state index contributed by atoms with van der Waals surface area (Å²) in [7, 11) is 0. The number of nitrogens with one attached hydrogen (secondary N) is 1. The number of carbonyl (C=O) groups excluding carboxylic acids is 2. The van der Waals surface area contributed by atoms with E-state index in [9.17, 15) is 9.59 Å². The van der Waals surface area contributed by atoms with Crippen molar-refractivity contribution in [3.8, 4) is 5.75 Å². The summed E-state index contributed by atoms with van der Waals surface area (Å²) in [6.07, 6.45) is 1.26. The van der Waals surface area contributed by atoms with Gasteiger partial charge in [-0.3, -0.25) is 9.59 Å². The molecule has 0 bridgehead atoms. The first-order valence-corrected chi connectivity index (χ1v) is 10.8. The van der Waals surface area contributed by atoms with Gasteiger partial charge in [0.25, 0.3) is 5.91 Å². The molecule has 0 aliphatic carbocycles. The van der Waals surface area contributed by atoms with Gasteiger partial charge in [0, 0.05) is 28.7 Å². The Balaban J connectivity index is 2.26. The zero-order chi connectivity index (χ0) is 22.1. The number of hydrogen-bond donors (Lipinski definition) is 1. The normalized spacial score (nSPS) is 11.6. The lowest BCUT2D eigenvalue weighted by Gasteiger charge is -2.31. The van der Waals surface area contributed by atoms with Crippen LogP contribution < -0.4 is 10.1 Å². The lowest BCUT2D eigenvalue weighted by molar-refractivity contribution is -0.143. The molecule has 5 nitrogen and oxygen atoms in total. The van der Waals surface area contributed by atoms with Crippen LogP contribution in [0.15, 0.2) is 42.5 Å². The summed E-state index contributed by atoms with van der Waals surface area (Å²) in [6.45, 7) is 6.26. The fraction of sp³-hybridized carbons (Fsp3) is 0.391.